The van der Waals surface area contributed by atoms with E-state index in [0.29, 0.717) is 6.42 Å². The van der Waals surface area contributed by atoms with Crippen LogP contribution in [0, 0.1) is 0 Å². The first kappa shape index (κ1) is 12.9. The van der Waals surface area contributed by atoms with Crippen LogP contribution in [0.15, 0.2) is 0 Å². The molecule has 14 heavy (non-hydrogen) atoms. The van der Waals surface area contributed by atoms with Crippen LogP contribution in [0.4, 0.5) is 0 Å². The van der Waals surface area contributed by atoms with Crippen molar-refractivity contribution in [3.63, 3.8) is 0 Å². The van der Waals surface area contributed by atoms with Gasteiger partial charge < -0.3 is 15.4 Å². The summed E-state index contributed by atoms with van der Waals surface area (Å²) in [6.07, 6.45) is 1.18. The van der Waals surface area contributed by atoms with Gasteiger partial charge in [0.15, 0.2) is 0 Å². The summed E-state index contributed by atoms with van der Waals surface area (Å²) < 4.78 is 4.47. The molecule has 5 heteroatoms. The molecule has 0 aromatic rings. The Labute approximate surface area is 84.2 Å². The first-order valence-corrected chi connectivity index (χ1v) is 4.63. The Morgan fingerprint density at radius 3 is 2.57 bits per heavy atom. The number of methoxy groups -OCH3 is 1. The molecule has 0 radical (unpaired) electrons. The topological polar surface area (TPSA) is 67.4 Å². The van der Waals surface area contributed by atoms with Crippen LogP contribution in [0.1, 0.15) is 19.8 Å². The quantitative estimate of drug-likeness (QED) is 0.457. The average Bonchev–Trinajstić information content (AvgIpc) is 2.16. The molecule has 0 saturated carbocycles. The van der Waals surface area contributed by atoms with Crippen LogP contribution in [-0.2, 0) is 14.3 Å². The highest BCUT2D eigenvalue weighted by atomic mass is 16.5. The van der Waals surface area contributed by atoms with Gasteiger partial charge in [-0.3, -0.25) is 4.79 Å². The zero-order valence-electron chi connectivity index (χ0n) is 8.92. The van der Waals surface area contributed by atoms with Gasteiger partial charge in [-0.25, -0.2) is 4.79 Å². The Hall–Kier alpha value is -1.10. The van der Waals surface area contributed by atoms with Gasteiger partial charge in [0.25, 0.3) is 0 Å². The molecule has 0 heterocycles. The second-order valence-electron chi connectivity index (χ2n) is 3.02. The Morgan fingerprint density at radius 1 is 1.43 bits per heavy atom. The maximum atomic E-state index is 11.2. The molecule has 0 aliphatic carbocycles. The van der Waals surface area contributed by atoms with Crippen LogP contribution < -0.4 is 10.6 Å². The van der Waals surface area contributed by atoms with E-state index in [4.69, 9.17) is 0 Å². The Morgan fingerprint density at radius 2 is 2.07 bits per heavy atom. The summed E-state index contributed by atoms with van der Waals surface area (Å²) >= 11 is 0. The van der Waals surface area contributed by atoms with Crippen molar-refractivity contribution in [1.29, 1.82) is 0 Å². The van der Waals surface area contributed by atoms with Crippen molar-refractivity contribution in [3.05, 3.63) is 0 Å². The summed E-state index contributed by atoms with van der Waals surface area (Å²) in [5, 5.41) is 5.49. The molecule has 1 atom stereocenters. The Bertz CT molecular complexity index is 194. The van der Waals surface area contributed by atoms with E-state index in [1.54, 1.807) is 6.92 Å². The standard InChI is InChI=1S/C9H18N2O3/c1-7(9(13)14-3)11-8(12)5-4-6-10-2/h7,10H,4-6H2,1-3H3,(H,11,12)/t7-/m1/s1. The number of esters is 1. The highest BCUT2D eigenvalue weighted by Crippen LogP contribution is 1.91. The Kier molecular flexibility index (Phi) is 6.74. The number of nitrogens with one attached hydrogen (secondary N) is 2. The lowest BCUT2D eigenvalue weighted by atomic mass is 10.2. The fourth-order valence-corrected chi connectivity index (χ4v) is 0.975. The summed E-state index contributed by atoms with van der Waals surface area (Å²) in [5.41, 5.74) is 0. The van der Waals surface area contributed by atoms with Crippen molar-refractivity contribution >= 4 is 11.9 Å². The largest absolute Gasteiger partial charge is 0.467 e. The van der Waals surface area contributed by atoms with E-state index in [-0.39, 0.29) is 5.91 Å². The van der Waals surface area contributed by atoms with Crippen LogP contribution in [0.2, 0.25) is 0 Å². The molecule has 0 aliphatic heterocycles. The first-order chi connectivity index (χ1) is 6.61. The molecule has 0 aromatic heterocycles. The third kappa shape index (κ3) is 5.53. The highest BCUT2D eigenvalue weighted by Gasteiger charge is 2.14. The molecule has 0 unspecified atom stereocenters. The van der Waals surface area contributed by atoms with Crippen LogP contribution in [0.3, 0.4) is 0 Å². The van der Waals surface area contributed by atoms with E-state index in [2.05, 4.69) is 15.4 Å². The SMILES string of the molecule is CNCCCC(=O)N[C@H](C)C(=O)OC. The van der Waals surface area contributed by atoms with E-state index in [9.17, 15) is 9.59 Å². The molecular formula is C9H18N2O3. The maximum absolute atomic E-state index is 11.2. The second kappa shape index (κ2) is 7.32. The van der Waals surface area contributed by atoms with Gasteiger partial charge in [-0.1, -0.05) is 0 Å². The molecule has 0 bridgehead atoms. The first-order valence-electron chi connectivity index (χ1n) is 4.63. The lowest BCUT2D eigenvalue weighted by Gasteiger charge is -2.11. The van der Waals surface area contributed by atoms with Crippen molar-refractivity contribution in [1.82, 2.24) is 10.6 Å². The third-order valence-corrected chi connectivity index (χ3v) is 1.76. The number of amides is 1. The number of hydrogen-bond acceptors (Lipinski definition) is 4. The van der Waals surface area contributed by atoms with Gasteiger partial charge in [0.2, 0.25) is 5.91 Å². The van der Waals surface area contributed by atoms with Gasteiger partial charge in [-0.2, -0.15) is 0 Å². The fraction of sp³-hybridized carbons (Fsp3) is 0.778. The number of carbonyl (C=O) groups excluding carboxylic acids is 2. The van der Waals surface area contributed by atoms with Gasteiger partial charge >= 0.3 is 5.97 Å². The number of ether oxygens (including phenoxy) is 1. The predicted molar refractivity (Wildman–Crippen MR) is 52.8 cm³/mol. The molecule has 2 N–H and O–H groups in total. The van der Waals surface area contributed by atoms with Gasteiger partial charge in [-0.05, 0) is 26.9 Å². The summed E-state index contributed by atoms with van der Waals surface area (Å²) in [7, 11) is 3.13. The molecule has 0 aliphatic rings. The van der Waals surface area contributed by atoms with E-state index < -0.39 is 12.0 Å². The van der Waals surface area contributed by atoms with Crippen LogP contribution >= 0.6 is 0 Å². The minimum atomic E-state index is -0.568. The molecule has 1 amide bonds. The molecular weight excluding hydrogens is 184 g/mol. The van der Waals surface area contributed by atoms with Gasteiger partial charge in [-0.15, -0.1) is 0 Å². The van der Waals surface area contributed by atoms with E-state index in [0.717, 1.165) is 13.0 Å². The fourth-order valence-electron chi connectivity index (χ4n) is 0.975. The minimum Gasteiger partial charge on any atom is -0.467 e. The van der Waals surface area contributed by atoms with Crippen molar-refractivity contribution in [2.75, 3.05) is 20.7 Å². The van der Waals surface area contributed by atoms with Crippen LogP contribution in [0.25, 0.3) is 0 Å². The van der Waals surface area contributed by atoms with Crippen molar-refractivity contribution in [2.24, 2.45) is 0 Å². The van der Waals surface area contributed by atoms with Gasteiger partial charge in [0, 0.05) is 6.42 Å². The molecule has 0 aromatic carbocycles. The molecule has 5 nitrogen and oxygen atoms in total. The lowest BCUT2D eigenvalue weighted by Crippen LogP contribution is -2.39. The maximum Gasteiger partial charge on any atom is 0.328 e. The van der Waals surface area contributed by atoms with Crippen LogP contribution in [-0.4, -0.2) is 38.6 Å². The van der Waals surface area contributed by atoms with Gasteiger partial charge in [0.1, 0.15) is 6.04 Å². The highest BCUT2D eigenvalue weighted by molar-refractivity contribution is 5.83. The molecule has 82 valence electrons. The molecule has 0 rings (SSSR count). The zero-order chi connectivity index (χ0) is 11.0. The third-order valence-electron chi connectivity index (χ3n) is 1.76. The van der Waals surface area contributed by atoms with Crippen molar-refractivity contribution in [3.8, 4) is 0 Å². The van der Waals surface area contributed by atoms with Gasteiger partial charge in [0.05, 0.1) is 7.11 Å². The van der Waals surface area contributed by atoms with Crippen molar-refractivity contribution in [2.45, 2.75) is 25.8 Å². The van der Waals surface area contributed by atoms with E-state index >= 15 is 0 Å². The Balaban J connectivity index is 3.65. The van der Waals surface area contributed by atoms with Crippen molar-refractivity contribution < 1.29 is 14.3 Å². The normalized spacial score (nSPS) is 11.9. The smallest absolute Gasteiger partial charge is 0.328 e. The number of hydrogen-bond donors (Lipinski definition) is 2. The summed E-state index contributed by atoms with van der Waals surface area (Å²) in [6, 6.07) is -0.568. The molecule has 0 spiro atoms. The zero-order valence-corrected chi connectivity index (χ0v) is 8.92. The average molecular weight is 202 g/mol. The minimum absolute atomic E-state index is 0.127. The summed E-state index contributed by atoms with van der Waals surface area (Å²) in [5.74, 6) is -0.551. The van der Waals surface area contributed by atoms with Crippen LogP contribution in [0.5, 0.6) is 0 Å². The monoisotopic (exact) mass is 202 g/mol. The van der Waals surface area contributed by atoms with E-state index in [1.807, 2.05) is 7.05 Å². The second-order valence-corrected chi connectivity index (χ2v) is 3.02. The molecule has 0 fully saturated rings. The van der Waals surface area contributed by atoms with E-state index in [1.165, 1.54) is 7.11 Å². The predicted octanol–water partition coefficient (Wildman–Crippen LogP) is -0.336. The number of carbonyl (C=O) groups is 2. The summed E-state index contributed by atoms with van der Waals surface area (Å²) in [6.45, 7) is 2.39. The lowest BCUT2D eigenvalue weighted by molar-refractivity contribution is -0.144. The molecule has 0 saturated heterocycles. The summed E-state index contributed by atoms with van der Waals surface area (Å²) in [4.78, 5) is 22.1. The number of rotatable bonds is 6.